The predicted octanol–water partition coefficient (Wildman–Crippen LogP) is 1.57. The van der Waals surface area contributed by atoms with Gasteiger partial charge in [0.1, 0.15) is 0 Å². The standard InChI is InChI=1S/C13H22N4O/c1-3-17-8-4-5-10(17)9-15-13-11(14)6-7-12(16-13)18-2/h6-7,10H,3-5,8-9,14H2,1-2H3,(H,15,16). The van der Waals surface area contributed by atoms with E-state index in [1.807, 2.05) is 6.07 Å². The number of hydrogen-bond acceptors (Lipinski definition) is 5. The number of rotatable bonds is 5. The van der Waals surface area contributed by atoms with Crippen LogP contribution in [0.25, 0.3) is 0 Å². The molecule has 0 amide bonds. The third kappa shape index (κ3) is 2.85. The molecule has 0 spiro atoms. The van der Waals surface area contributed by atoms with E-state index in [4.69, 9.17) is 10.5 Å². The van der Waals surface area contributed by atoms with E-state index in [1.165, 1.54) is 19.4 Å². The van der Waals surface area contributed by atoms with Crippen LogP contribution in [0.1, 0.15) is 19.8 Å². The van der Waals surface area contributed by atoms with Crippen molar-refractivity contribution in [2.24, 2.45) is 0 Å². The van der Waals surface area contributed by atoms with Crippen LogP contribution in [0.4, 0.5) is 11.5 Å². The summed E-state index contributed by atoms with van der Waals surface area (Å²) in [6.45, 7) is 5.39. The maximum Gasteiger partial charge on any atom is 0.215 e. The van der Waals surface area contributed by atoms with Gasteiger partial charge in [0.2, 0.25) is 5.88 Å². The summed E-state index contributed by atoms with van der Waals surface area (Å²) in [7, 11) is 1.61. The van der Waals surface area contributed by atoms with Gasteiger partial charge < -0.3 is 15.8 Å². The lowest BCUT2D eigenvalue weighted by Crippen LogP contribution is -2.34. The number of methoxy groups -OCH3 is 1. The number of nitrogens with two attached hydrogens (primary N) is 1. The number of likely N-dealkylation sites (tertiary alicyclic amines) is 1. The van der Waals surface area contributed by atoms with Crippen LogP contribution in [0.3, 0.4) is 0 Å². The van der Waals surface area contributed by atoms with Crippen LogP contribution in [0.15, 0.2) is 12.1 Å². The molecule has 0 aromatic carbocycles. The summed E-state index contributed by atoms with van der Waals surface area (Å²) in [5.74, 6) is 1.31. The molecule has 0 bridgehead atoms. The highest BCUT2D eigenvalue weighted by Crippen LogP contribution is 2.21. The topological polar surface area (TPSA) is 63.4 Å². The van der Waals surface area contributed by atoms with Gasteiger partial charge in [0, 0.05) is 18.7 Å². The molecule has 0 aliphatic carbocycles. The van der Waals surface area contributed by atoms with Crippen molar-refractivity contribution in [2.45, 2.75) is 25.8 Å². The quantitative estimate of drug-likeness (QED) is 0.830. The van der Waals surface area contributed by atoms with E-state index in [0.29, 0.717) is 17.6 Å². The van der Waals surface area contributed by atoms with Crippen molar-refractivity contribution in [1.29, 1.82) is 0 Å². The number of ether oxygens (including phenoxy) is 1. The maximum absolute atomic E-state index is 5.90. The Kier molecular flexibility index (Phi) is 4.25. The first-order chi connectivity index (χ1) is 8.74. The molecule has 100 valence electrons. The zero-order chi connectivity index (χ0) is 13.0. The summed E-state index contributed by atoms with van der Waals surface area (Å²) in [4.78, 5) is 6.82. The van der Waals surface area contributed by atoms with Gasteiger partial charge in [0.15, 0.2) is 5.82 Å². The Hall–Kier alpha value is -1.49. The molecule has 1 unspecified atom stereocenters. The molecule has 1 aromatic rings. The van der Waals surface area contributed by atoms with Gasteiger partial charge in [-0.15, -0.1) is 0 Å². The van der Waals surface area contributed by atoms with Gasteiger partial charge >= 0.3 is 0 Å². The van der Waals surface area contributed by atoms with Crippen LogP contribution in [-0.2, 0) is 0 Å². The number of anilines is 2. The molecule has 1 atom stereocenters. The Bertz CT molecular complexity index is 397. The Morgan fingerprint density at radius 2 is 2.39 bits per heavy atom. The Labute approximate surface area is 108 Å². The van der Waals surface area contributed by atoms with Crippen molar-refractivity contribution >= 4 is 11.5 Å². The average molecular weight is 250 g/mol. The second-order valence-corrected chi connectivity index (χ2v) is 4.60. The fourth-order valence-corrected chi connectivity index (χ4v) is 2.46. The lowest BCUT2D eigenvalue weighted by molar-refractivity contribution is 0.277. The number of nitrogen functional groups attached to an aromatic ring is 1. The van der Waals surface area contributed by atoms with Crippen LogP contribution >= 0.6 is 0 Å². The van der Waals surface area contributed by atoms with E-state index >= 15 is 0 Å². The average Bonchev–Trinajstić information content (AvgIpc) is 2.85. The summed E-state index contributed by atoms with van der Waals surface area (Å²) < 4.78 is 5.11. The summed E-state index contributed by atoms with van der Waals surface area (Å²) in [6.07, 6.45) is 2.52. The van der Waals surface area contributed by atoms with Gasteiger partial charge in [-0.1, -0.05) is 6.92 Å². The molecule has 2 heterocycles. The third-order valence-electron chi connectivity index (χ3n) is 3.52. The predicted molar refractivity (Wildman–Crippen MR) is 74.0 cm³/mol. The molecule has 18 heavy (non-hydrogen) atoms. The molecular weight excluding hydrogens is 228 g/mol. The molecule has 1 fully saturated rings. The monoisotopic (exact) mass is 250 g/mol. The second-order valence-electron chi connectivity index (χ2n) is 4.60. The molecule has 1 aliphatic heterocycles. The van der Waals surface area contributed by atoms with Crippen molar-refractivity contribution in [1.82, 2.24) is 9.88 Å². The lowest BCUT2D eigenvalue weighted by Gasteiger charge is -2.23. The van der Waals surface area contributed by atoms with E-state index in [9.17, 15) is 0 Å². The fourth-order valence-electron chi connectivity index (χ4n) is 2.46. The van der Waals surface area contributed by atoms with Crippen molar-refractivity contribution in [2.75, 3.05) is 37.8 Å². The van der Waals surface area contributed by atoms with Gasteiger partial charge in [-0.2, -0.15) is 4.98 Å². The second kappa shape index (κ2) is 5.91. The SMILES string of the molecule is CCN1CCCC1CNc1nc(OC)ccc1N. The summed E-state index contributed by atoms with van der Waals surface area (Å²) in [5.41, 5.74) is 6.57. The highest BCUT2D eigenvalue weighted by molar-refractivity contribution is 5.62. The summed E-state index contributed by atoms with van der Waals surface area (Å²) in [5, 5.41) is 3.34. The normalized spacial score (nSPS) is 20.0. The van der Waals surface area contributed by atoms with Crippen LogP contribution < -0.4 is 15.8 Å². The summed E-state index contributed by atoms with van der Waals surface area (Å²) >= 11 is 0. The minimum absolute atomic E-state index is 0.586. The van der Waals surface area contributed by atoms with E-state index < -0.39 is 0 Å². The Morgan fingerprint density at radius 3 is 3.11 bits per heavy atom. The van der Waals surface area contributed by atoms with Crippen molar-refractivity contribution in [3.63, 3.8) is 0 Å². The van der Waals surface area contributed by atoms with Crippen molar-refractivity contribution < 1.29 is 4.74 Å². The van der Waals surface area contributed by atoms with E-state index in [0.717, 1.165) is 18.9 Å². The molecular formula is C13H22N4O. The van der Waals surface area contributed by atoms with Gasteiger partial charge in [0.05, 0.1) is 12.8 Å². The van der Waals surface area contributed by atoms with Gasteiger partial charge in [-0.25, -0.2) is 0 Å². The third-order valence-corrected chi connectivity index (χ3v) is 3.52. The number of nitrogens with one attached hydrogen (secondary N) is 1. The first-order valence-electron chi connectivity index (χ1n) is 6.53. The van der Waals surface area contributed by atoms with E-state index in [-0.39, 0.29) is 0 Å². The van der Waals surface area contributed by atoms with Gasteiger partial charge in [-0.3, -0.25) is 4.90 Å². The Balaban J connectivity index is 1.97. The van der Waals surface area contributed by atoms with Crippen LogP contribution in [0, 0.1) is 0 Å². The minimum Gasteiger partial charge on any atom is -0.481 e. The molecule has 2 rings (SSSR count). The zero-order valence-electron chi connectivity index (χ0n) is 11.1. The number of likely N-dealkylation sites (N-methyl/N-ethyl adjacent to an activating group) is 1. The van der Waals surface area contributed by atoms with E-state index in [2.05, 4.69) is 22.1 Å². The highest BCUT2D eigenvalue weighted by atomic mass is 16.5. The lowest BCUT2D eigenvalue weighted by atomic mass is 10.2. The van der Waals surface area contributed by atoms with E-state index in [1.54, 1.807) is 13.2 Å². The van der Waals surface area contributed by atoms with Crippen LogP contribution in [0.5, 0.6) is 5.88 Å². The molecule has 5 nitrogen and oxygen atoms in total. The zero-order valence-corrected chi connectivity index (χ0v) is 11.1. The van der Waals surface area contributed by atoms with Crippen LogP contribution in [-0.4, -0.2) is 42.7 Å². The molecule has 3 N–H and O–H groups in total. The molecule has 0 radical (unpaired) electrons. The van der Waals surface area contributed by atoms with Crippen LogP contribution in [0.2, 0.25) is 0 Å². The molecule has 1 aromatic heterocycles. The first kappa shape index (κ1) is 13.0. The van der Waals surface area contributed by atoms with Gasteiger partial charge in [-0.05, 0) is 32.0 Å². The summed E-state index contributed by atoms with van der Waals surface area (Å²) in [6, 6.07) is 4.18. The molecule has 1 saturated heterocycles. The van der Waals surface area contributed by atoms with Crippen molar-refractivity contribution in [3.05, 3.63) is 12.1 Å². The molecule has 5 heteroatoms. The number of aromatic nitrogens is 1. The smallest absolute Gasteiger partial charge is 0.215 e. The van der Waals surface area contributed by atoms with Gasteiger partial charge in [0.25, 0.3) is 0 Å². The minimum atomic E-state index is 0.586. The molecule has 0 saturated carbocycles. The number of nitrogens with zero attached hydrogens (tertiary/aromatic N) is 2. The maximum atomic E-state index is 5.90. The molecule has 1 aliphatic rings. The number of pyridine rings is 1. The number of hydrogen-bond donors (Lipinski definition) is 2. The Morgan fingerprint density at radius 1 is 1.56 bits per heavy atom. The van der Waals surface area contributed by atoms with Crippen molar-refractivity contribution in [3.8, 4) is 5.88 Å². The first-order valence-corrected chi connectivity index (χ1v) is 6.53. The fraction of sp³-hybridized carbons (Fsp3) is 0.615. The largest absolute Gasteiger partial charge is 0.481 e. The highest BCUT2D eigenvalue weighted by Gasteiger charge is 2.22.